The summed E-state index contributed by atoms with van der Waals surface area (Å²) in [7, 11) is 1.33. The molecule has 0 amide bonds. The summed E-state index contributed by atoms with van der Waals surface area (Å²) in [6.07, 6.45) is 0.194. The zero-order valence-corrected chi connectivity index (χ0v) is 10.5. The van der Waals surface area contributed by atoms with Crippen molar-refractivity contribution < 1.29 is 18.7 Å². The van der Waals surface area contributed by atoms with E-state index in [4.69, 9.17) is 16.3 Å². The van der Waals surface area contributed by atoms with Crippen LogP contribution in [0.15, 0.2) is 18.2 Å². The van der Waals surface area contributed by atoms with Gasteiger partial charge in [-0.3, -0.25) is 4.79 Å². The van der Waals surface area contributed by atoms with Crippen LogP contribution in [-0.2, 0) is 9.53 Å². The molecular weight excluding hydrogens is 261 g/mol. The van der Waals surface area contributed by atoms with Crippen LogP contribution < -0.4 is 10.1 Å². The number of hydrogen-bond acceptors (Lipinski definition) is 4. The first-order valence-electron chi connectivity index (χ1n) is 5.53. The number of methoxy groups -OCH3 is 1. The predicted molar refractivity (Wildman–Crippen MR) is 64.2 cm³/mol. The summed E-state index contributed by atoms with van der Waals surface area (Å²) in [5.74, 6) is -0.710. The monoisotopic (exact) mass is 273 g/mol. The van der Waals surface area contributed by atoms with Crippen LogP contribution in [0.2, 0.25) is 5.02 Å². The van der Waals surface area contributed by atoms with Gasteiger partial charge in [0.2, 0.25) is 0 Å². The van der Waals surface area contributed by atoms with Crippen LogP contribution >= 0.6 is 11.6 Å². The number of halogens is 2. The van der Waals surface area contributed by atoms with E-state index in [1.807, 2.05) is 0 Å². The number of carbonyl (C=O) groups excluding carboxylic acids is 1. The Morgan fingerprint density at radius 2 is 2.33 bits per heavy atom. The van der Waals surface area contributed by atoms with Crippen LogP contribution in [0.4, 0.5) is 4.39 Å². The average Bonchev–Trinajstić information content (AvgIpc) is 2.80. The molecule has 6 heteroatoms. The number of nitrogens with one attached hydrogen (secondary N) is 1. The number of ether oxygens (including phenoxy) is 2. The third-order valence-corrected chi connectivity index (χ3v) is 3.00. The van der Waals surface area contributed by atoms with Gasteiger partial charge in [0, 0.05) is 18.0 Å². The summed E-state index contributed by atoms with van der Waals surface area (Å²) in [6.45, 7) is 0.474. The fourth-order valence-corrected chi connectivity index (χ4v) is 2.02. The highest BCUT2D eigenvalue weighted by Crippen LogP contribution is 2.24. The van der Waals surface area contributed by atoms with Gasteiger partial charge in [-0.15, -0.1) is 0 Å². The molecule has 1 heterocycles. The zero-order valence-electron chi connectivity index (χ0n) is 9.78. The average molecular weight is 274 g/mol. The Balaban J connectivity index is 1.97. The third kappa shape index (κ3) is 2.91. The van der Waals surface area contributed by atoms with Gasteiger partial charge in [-0.2, -0.15) is 0 Å². The van der Waals surface area contributed by atoms with E-state index in [9.17, 15) is 9.18 Å². The summed E-state index contributed by atoms with van der Waals surface area (Å²) >= 11 is 5.65. The molecule has 2 rings (SSSR count). The van der Waals surface area contributed by atoms with Crippen LogP contribution in [0, 0.1) is 5.82 Å². The van der Waals surface area contributed by atoms with Gasteiger partial charge in [0.15, 0.2) is 11.6 Å². The van der Waals surface area contributed by atoms with Gasteiger partial charge in [-0.25, -0.2) is 4.39 Å². The minimum absolute atomic E-state index is 0.136. The second-order valence-electron chi connectivity index (χ2n) is 4.03. The lowest BCUT2D eigenvalue weighted by molar-refractivity contribution is -0.142. The maximum Gasteiger partial charge on any atom is 0.323 e. The first-order valence-corrected chi connectivity index (χ1v) is 5.91. The SMILES string of the molecule is COC(=O)C1CC(Oc2ccc(Cl)cc2F)CN1. The van der Waals surface area contributed by atoms with Crippen molar-refractivity contribution in [2.24, 2.45) is 0 Å². The van der Waals surface area contributed by atoms with Gasteiger partial charge >= 0.3 is 5.97 Å². The Labute approximate surface area is 109 Å². The van der Waals surface area contributed by atoms with Gasteiger partial charge in [-0.1, -0.05) is 11.6 Å². The number of esters is 1. The van der Waals surface area contributed by atoms with Gasteiger partial charge in [0.25, 0.3) is 0 Å². The molecule has 0 aromatic heterocycles. The highest BCUT2D eigenvalue weighted by Gasteiger charge is 2.31. The summed E-state index contributed by atoms with van der Waals surface area (Å²) in [5.41, 5.74) is 0. The minimum Gasteiger partial charge on any atom is -0.486 e. The summed E-state index contributed by atoms with van der Waals surface area (Å²) in [4.78, 5) is 11.3. The van der Waals surface area contributed by atoms with E-state index in [-0.39, 0.29) is 17.8 Å². The molecule has 1 aromatic rings. The molecule has 0 saturated carbocycles. The van der Waals surface area contributed by atoms with Crippen molar-refractivity contribution in [2.45, 2.75) is 18.6 Å². The van der Waals surface area contributed by atoms with Gasteiger partial charge in [0.1, 0.15) is 12.1 Å². The van der Waals surface area contributed by atoms with Crippen molar-refractivity contribution in [3.05, 3.63) is 29.0 Å². The van der Waals surface area contributed by atoms with Crippen molar-refractivity contribution >= 4 is 17.6 Å². The highest BCUT2D eigenvalue weighted by atomic mass is 35.5. The quantitative estimate of drug-likeness (QED) is 0.853. The lowest BCUT2D eigenvalue weighted by atomic mass is 10.2. The molecule has 1 saturated heterocycles. The Bertz CT molecular complexity index is 455. The molecule has 98 valence electrons. The number of rotatable bonds is 3. The minimum atomic E-state index is -0.510. The van der Waals surface area contributed by atoms with E-state index < -0.39 is 11.9 Å². The lowest BCUT2D eigenvalue weighted by Gasteiger charge is -2.13. The van der Waals surface area contributed by atoms with Crippen molar-refractivity contribution in [3.8, 4) is 5.75 Å². The maximum absolute atomic E-state index is 13.5. The molecule has 18 heavy (non-hydrogen) atoms. The molecule has 4 nitrogen and oxygen atoms in total. The van der Waals surface area contributed by atoms with E-state index in [1.54, 1.807) is 6.07 Å². The number of benzene rings is 1. The topological polar surface area (TPSA) is 47.6 Å². The molecule has 0 spiro atoms. The predicted octanol–water partition coefficient (Wildman–Crippen LogP) is 1.76. The Hall–Kier alpha value is -1.33. The molecule has 2 atom stereocenters. The zero-order chi connectivity index (χ0) is 13.1. The Morgan fingerprint density at radius 3 is 3.00 bits per heavy atom. The van der Waals surface area contributed by atoms with Gasteiger partial charge in [-0.05, 0) is 18.2 Å². The van der Waals surface area contributed by atoms with Crippen molar-refractivity contribution in [1.29, 1.82) is 0 Å². The molecule has 1 aliphatic heterocycles. The highest BCUT2D eigenvalue weighted by molar-refractivity contribution is 6.30. The molecule has 1 aliphatic rings. The van der Waals surface area contributed by atoms with E-state index in [0.717, 1.165) is 0 Å². The summed E-state index contributed by atoms with van der Waals surface area (Å²) in [6, 6.07) is 3.83. The Kier molecular flexibility index (Phi) is 4.04. The standard InChI is InChI=1S/C12H13ClFNO3/c1-17-12(16)10-5-8(6-15-10)18-11-3-2-7(13)4-9(11)14/h2-4,8,10,15H,5-6H2,1H3. The second kappa shape index (κ2) is 5.54. The van der Waals surface area contributed by atoms with Crippen molar-refractivity contribution in [2.75, 3.05) is 13.7 Å². The van der Waals surface area contributed by atoms with Crippen LogP contribution in [-0.4, -0.2) is 31.8 Å². The molecule has 1 N–H and O–H groups in total. The molecule has 1 aromatic carbocycles. The fourth-order valence-electron chi connectivity index (χ4n) is 1.87. The third-order valence-electron chi connectivity index (χ3n) is 2.76. The second-order valence-corrected chi connectivity index (χ2v) is 4.47. The smallest absolute Gasteiger partial charge is 0.323 e. The number of hydrogen-bond donors (Lipinski definition) is 1. The van der Waals surface area contributed by atoms with E-state index in [2.05, 4.69) is 10.1 Å². The van der Waals surface area contributed by atoms with E-state index in [0.29, 0.717) is 18.0 Å². The van der Waals surface area contributed by atoms with Crippen molar-refractivity contribution in [3.63, 3.8) is 0 Å². The molecule has 0 radical (unpaired) electrons. The molecule has 0 bridgehead atoms. The van der Waals surface area contributed by atoms with Gasteiger partial charge < -0.3 is 14.8 Å². The van der Waals surface area contributed by atoms with Crippen LogP contribution in [0.25, 0.3) is 0 Å². The molecule has 0 aliphatic carbocycles. The normalized spacial score (nSPS) is 22.8. The maximum atomic E-state index is 13.5. The molecule has 1 fully saturated rings. The largest absolute Gasteiger partial charge is 0.486 e. The fraction of sp³-hybridized carbons (Fsp3) is 0.417. The summed E-state index contributed by atoms with van der Waals surface area (Å²) < 4.78 is 23.6. The Morgan fingerprint density at radius 1 is 1.56 bits per heavy atom. The van der Waals surface area contributed by atoms with Crippen LogP contribution in [0.3, 0.4) is 0 Å². The first kappa shape index (κ1) is 13.1. The van der Waals surface area contributed by atoms with E-state index in [1.165, 1.54) is 19.2 Å². The van der Waals surface area contributed by atoms with Crippen LogP contribution in [0.5, 0.6) is 5.75 Å². The van der Waals surface area contributed by atoms with Gasteiger partial charge in [0.05, 0.1) is 7.11 Å². The van der Waals surface area contributed by atoms with Crippen molar-refractivity contribution in [1.82, 2.24) is 5.32 Å². The first-order chi connectivity index (χ1) is 8.60. The van der Waals surface area contributed by atoms with Crippen LogP contribution in [0.1, 0.15) is 6.42 Å². The van der Waals surface area contributed by atoms with E-state index >= 15 is 0 Å². The lowest BCUT2D eigenvalue weighted by Crippen LogP contribution is -2.31. The summed E-state index contributed by atoms with van der Waals surface area (Å²) in [5, 5.41) is 3.28. The number of carbonyl (C=O) groups is 1. The molecule has 2 unspecified atom stereocenters. The molecular formula is C12H13ClFNO3.